The average molecular weight is 296 g/mol. The predicted octanol–water partition coefficient (Wildman–Crippen LogP) is 4.43. The molecule has 106 valence electrons. The molecule has 1 unspecified atom stereocenters. The van der Waals surface area contributed by atoms with Crippen LogP contribution in [0.15, 0.2) is 36.4 Å². The van der Waals surface area contributed by atoms with Crippen molar-refractivity contribution in [2.45, 2.75) is 19.4 Å². The molecule has 0 spiro atoms. The fraction of sp³-hybridized carbons (Fsp3) is 0.250. The van der Waals surface area contributed by atoms with Gasteiger partial charge in [0.25, 0.3) is 0 Å². The number of hydrogen-bond acceptors (Lipinski definition) is 1. The first-order valence-corrected chi connectivity index (χ1v) is 6.76. The monoisotopic (exact) mass is 295 g/mol. The van der Waals surface area contributed by atoms with Gasteiger partial charge in [-0.15, -0.1) is 0 Å². The van der Waals surface area contributed by atoms with E-state index in [4.69, 9.17) is 11.6 Å². The van der Waals surface area contributed by atoms with E-state index in [0.717, 1.165) is 11.1 Å². The van der Waals surface area contributed by atoms with Gasteiger partial charge in [0.05, 0.1) is 0 Å². The van der Waals surface area contributed by atoms with Gasteiger partial charge in [-0.2, -0.15) is 0 Å². The number of aryl methyl sites for hydroxylation is 1. The third-order valence-electron chi connectivity index (χ3n) is 3.37. The maximum absolute atomic E-state index is 13.3. The number of rotatable bonds is 4. The van der Waals surface area contributed by atoms with Gasteiger partial charge in [0, 0.05) is 11.1 Å². The summed E-state index contributed by atoms with van der Waals surface area (Å²) in [6.45, 7) is 1.73. The lowest BCUT2D eigenvalue weighted by molar-refractivity contribution is 0.581. The van der Waals surface area contributed by atoms with Crippen LogP contribution in [-0.2, 0) is 6.42 Å². The van der Waals surface area contributed by atoms with E-state index in [0.29, 0.717) is 17.0 Å². The number of hydrogen-bond donors (Lipinski definition) is 1. The molecule has 0 saturated carbocycles. The molecule has 20 heavy (non-hydrogen) atoms. The highest BCUT2D eigenvalue weighted by Crippen LogP contribution is 2.25. The zero-order valence-electron chi connectivity index (χ0n) is 11.4. The lowest BCUT2D eigenvalue weighted by atomic mass is 9.97. The van der Waals surface area contributed by atoms with Crippen molar-refractivity contribution in [3.63, 3.8) is 0 Å². The van der Waals surface area contributed by atoms with Crippen molar-refractivity contribution in [2.24, 2.45) is 0 Å². The van der Waals surface area contributed by atoms with Gasteiger partial charge < -0.3 is 5.32 Å². The fourth-order valence-electron chi connectivity index (χ4n) is 2.18. The zero-order valence-corrected chi connectivity index (χ0v) is 12.1. The standard InChI is InChI=1S/C16H16ClF2N/c1-10-7-12(4-6-15(10)19)16(20-2)8-11-3-5-13(18)9-14(11)17/h3-7,9,16,20H,8H2,1-2H3. The van der Waals surface area contributed by atoms with Crippen LogP contribution in [-0.4, -0.2) is 7.05 Å². The molecule has 1 atom stereocenters. The van der Waals surface area contributed by atoms with E-state index in [2.05, 4.69) is 5.32 Å². The fourth-order valence-corrected chi connectivity index (χ4v) is 2.42. The second-order valence-electron chi connectivity index (χ2n) is 4.79. The molecule has 0 aromatic heterocycles. The number of likely N-dealkylation sites (N-methyl/N-ethyl adjacent to an activating group) is 1. The van der Waals surface area contributed by atoms with Crippen molar-refractivity contribution >= 4 is 11.6 Å². The normalized spacial score (nSPS) is 12.4. The highest BCUT2D eigenvalue weighted by atomic mass is 35.5. The Labute approximate surface area is 122 Å². The highest BCUT2D eigenvalue weighted by molar-refractivity contribution is 6.31. The van der Waals surface area contributed by atoms with Gasteiger partial charge in [0.15, 0.2) is 0 Å². The van der Waals surface area contributed by atoms with Crippen LogP contribution < -0.4 is 5.32 Å². The van der Waals surface area contributed by atoms with Gasteiger partial charge in [0.1, 0.15) is 11.6 Å². The molecule has 0 fully saturated rings. The summed E-state index contributed by atoms with van der Waals surface area (Å²) in [7, 11) is 1.83. The van der Waals surface area contributed by atoms with Crippen LogP contribution in [0.5, 0.6) is 0 Å². The smallest absolute Gasteiger partial charge is 0.126 e. The summed E-state index contributed by atoms with van der Waals surface area (Å²) in [5, 5.41) is 3.59. The Morgan fingerprint density at radius 1 is 1.15 bits per heavy atom. The number of halogens is 3. The summed E-state index contributed by atoms with van der Waals surface area (Å²) in [6, 6.07) is 9.40. The molecular weight excluding hydrogens is 280 g/mol. The summed E-state index contributed by atoms with van der Waals surface area (Å²) in [5.74, 6) is -0.569. The maximum Gasteiger partial charge on any atom is 0.126 e. The predicted molar refractivity (Wildman–Crippen MR) is 78.1 cm³/mol. The van der Waals surface area contributed by atoms with Gasteiger partial charge >= 0.3 is 0 Å². The van der Waals surface area contributed by atoms with Gasteiger partial charge in [0.2, 0.25) is 0 Å². The van der Waals surface area contributed by atoms with Gasteiger partial charge in [-0.1, -0.05) is 29.8 Å². The molecular formula is C16H16ClF2N. The molecule has 0 aliphatic carbocycles. The summed E-state index contributed by atoms with van der Waals surface area (Å²) < 4.78 is 26.4. The summed E-state index contributed by atoms with van der Waals surface area (Å²) in [5.41, 5.74) is 2.44. The van der Waals surface area contributed by atoms with Crippen LogP contribution in [0.4, 0.5) is 8.78 Å². The van der Waals surface area contributed by atoms with Gasteiger partial charge in [-0.3, -0.25) is 0 Å². The third kappa shape index (κ3) is 3.35. The molecule has 0 bridgehead atoms. The lowest BCUT2D eigenvalue weighted by Crippen LogP contribution is -2.19. The molecule has 0 aliphatic heterocycles. The third-order valence-corrected chi connectivity index (χ3v) is 3.72. The van der Waals surface area contributed by atoms with Gasteiger partial charge in [-0.05, 0) is 55.3 Å². The molecule has 0 radical (unpaired) electrons. The Hall–Kier alpha value is -1.45. The minimum absolute atomic E-state index is 0.00254. The van der Waals surface area contributed by atoms with E-state index in [9.17, 15) is 8.78 Å². The van der Waals surface area contributed by atoms with Crippen LogP contribution >= 0.6 is 11.6 Å². The molecule has 0 heterocycles. The van der Waals surface area contributed by atoms with Crippen molar-refractivity contribution in [1.29, 1.82) is 0 Å². The summed E-state index contributed by atoms with van der Waals surface area (Å²) in [4.78, 5) is 0. The summed E-state index contributed by atoms with van der Waals surface area (Å²) >= 11 is 6.05. The molecule has 2 aromatic rings. The first-order valence-electron chi connectivity index (χ1n) is 6.38. The lowest BCUT2D eigenvalue weighted by Gasteiger charge is -2.18. The molecule has 0 amide bonds. The molecule has 4 heteroatoms. The van der Waals surface area contributed by atoms with E-state index in [1.165, 1.54) is 18.2 Å². The van der Waals surface area contributed by atoms with E-state index >= 15 is 0 Å². The first kappa shape index (κ1) is 14.9. The van der Waals surface area contributed by atoms with E-state index < -0.39 is 0 Å². The Kier molecular flexibility index (Phi) is 4.73. The Morgan fingerprint density at radius 3 is 2.50 bits per heavy atom. The molecule has 0 aliphatic rings. The van der Waals surface area contributed by atoms with Crippen LogP contribution in [0.2, 0.25) is 5.02 Å². The van der Waals surface area contributed by atoms with Crippen LogP contribution in [0.1, 0.15) is 22.7 Å². The summed E-state index contributed by atoms with van der Waals surface area (Å²) in [6.07, 6.45) is 0.612. The van der Waals surface area contributed by atoms with Crippen LogP contribution in [0.25, 0.3) is 0 Å². The average Bonchev–Trinajstić information content (AvgIpc) is 2.41. The topological polar surface area (TPSA) is 12.0 Å². The Balaban J connectivity index is 2.26. The van der Waals surface area contributed by atoms with Crippen molar-refractivity contribution in [1.82, 2.24) is 5.32 Å². The Bertz CT molecular complexity index is 613. The van der Waals surface area contributed by atoms with Crippen molar-refractivity contribution in [2.75, 3.05) is 7.05 Å². The first-order chi connectivity index (χ1) is 9.51. The molecule has 2 rings (SSSR count). The minimum Gasteiger partial charge on any atom is -0.313 e. The second kappa shape index (κ2) is 6.33. The van der Waals surface area contributed by atoms with E-state index in [1.54, 1.807) is 19.1 Å². The van der Waals surface area contributed by atoms with Crippen molar-refractivity contribution in [3.8, 4) is 0 Å². The molecule has 1 nitrogen and oxygen atoms in total. The van der Waals surface area contributed by atoms with Crippen molar-refractivity contribution in [3.05, 3.63) is 69.7 Å². The van der Waals surface area contributed by atoms with Crippen molar-refractivity contribution < 1.29 is 8.78 Å². The Morgan fingerprint density at radius 2 is 1.90 bits per heavy atom. The van der Waals surface area contributed by atoms with E-state index in [1.807, 2.05) is 13.1 Å². The SMILES string of the molecule is CNC(Cc1ccc(F)cc1Cl)c1ccc(F)c(C)c1. The molecule has 2 aromatic carbocycles. The zero-order chi connectivity index (χ0) is 14.7. The van der Waals surface area contributed by atoms with Crippen LogP contribution in [0, 0.1) is 18.6 Å². The maximum atomic E-state index is 13.3. The second-order valence-corrected chi connectivity index (χ2v) is 5.20. The van der Waals surface area contributed by atoms with E-state index in [-0.39, 0.29) is 17.7 Å². The van der Waals surface area contributed by atoms with Crippen LogP contribution in [0.3, 0.4) is 0 Å². The van der Waals surface area contributed by atoms with Gasteiger partial charge in [-0.25, -0.2) is 8.78 Å². The quantitative estimate of drug-likeness (QED) is 0.880. The molecule has 0 saturated heterocycles. The number of benzene rings is 2. The largest absolute Gasteiger partial charge is 0.313 e. The highest BCUT2D eigenvalue weighted by Gasteiger charge is 2.13. The number of nitrogens with one attached hydrogen (secondary N) is 1. The molecule has 1 N–H and O–H groups in total. The minimum atomic E-state index is -0.350.